The van der Waals surface area contributed by atoms with Crippen molar-refractivity contribution in [1.82, 2.24) is 9.97 Å². The van der Waals surface area contributed by atoms with Crippen LogP contribution >= 0.6 is 0 Å². The molecule has 1 fully saturated rings. The minimum atomic E-state index is -0.232. The van der Waals surface area contributed by atoms with Crippen LogP contribution in [-0.2, 0) is 0 Å². The van der Waals surface area contributed by atoms with Crippen LogP contribution in [0.2, 0.25) is 0 Å². The lowest BCUT2D eigenvalue weighted by atomic mass is 9.64. The standard InChI is InChI=1S/C14H24N4O/c1-5-6-15-13-16-8-9(2)12(18-13)17-10-7-11(19)14(10,3)4/h8,10-11,19H,5-7H2,1-4H3,(H2,15,16,17,18). The Morgan fingerprint density at radius 3 is 2.79 bits per heavy atom. The first-order chi connectivity index (χ1) is 8.95. The molecule has 19 heavy (non-hydrogen) atoms. The summed E-state index contributed by atoms with van der Waals surface area (Å²) in [6.07, 6.45) is 3.41. The van der Waals surface area contributed by atoms with Gasteiger partial charge in [-0.1, -0.05) is 20.8 Å². The molecule has 1 aromatic heterocycles. The van der Waals surface area contributed by atoms with Gasteiger partial charge in [-0.15, -0.1) is 0 Å². The van der Waals surface area contributed by atoms with Gasteiger partial charge in [-0.25, -0.2) is 4.98 Å². The topological polar surface area (TPSA) is 70.1 Å². The Hall–Kier alpha value is -1.36. The fraction of sp³-hybridized carbons (Fsp3) is 0.714. The van der Waals surface area contributed by atoms with Crippen molar-refractivity contribution >= 4 is 11.8 Å². The molecule has 0 spiro atoms. The summed E-state index contributed by atoms with van der Waals surface area (Å²) in [6.45, 7) is 9.12. The highest BCUT2D eigenvalue weighted by molar-refractivity contribution is 5.48. The van der Waals surface area contributed by atoms with Gasteiger partial charge in [0.05, 0.1) is 6.10 Å². The van der Waals surface area contributed by atoms with Crippen LogP contribution < -0.4 is 10.6 Å². The van der Waals surface area contributed by atoms with E-state index in [1.54, 1.807) is 0 Å². The molecule has 1 aliphatic rings. The number of hydrogen-bond donors (Lipinski definition) is 3. The molecular formula is C14H24N4O. The SMILES string of the molecule is CCCNc1ncc(C)c(NC2CC(O)C2(C)C)n1. The number of aliphatic hydroxyl groups is 1. The number of anilines is 2. The van der Waals surface area contributed by atoms with Crippen molar-refractivity contribution in [3.05, 3.63) is 11.8 Å². The van der Waals surface area contributed by atoms with Crippen molar-refractivity contribution in [2.45, 2.75) is 52.7 Å². The molecule has 2 unspecified atom stereocenters. The summed E-state index contributed by atoms with van der Waals surface area (Å²) in [5, 5.41) is 16.4. The molecule has 0 aromatic carbocycles. The van der Waals surface area contributed by atoms with E-state index in [4.69, 9.17) is 0 Å². The number of rotatable bonds is 5. The molecule has 0 saturated heterocycles. The summed E-state index contributed by atoms with van der Waals surface area (Å²) in [5.74, 6) is 1.52. The highest BCUT2D eigenvalue weighted by Crippen LogP contribution is 2.42. The van der Waals surface area contributed by atoms with E-state index >= 15 is 0 Å². The molecule has 1 aromatic rings. The predicted octanol–water partition coefficient (Wildman–Crippen LogP) is 2.18. The maximum Gasteiger partial charge on any atom is 0.224 e. The molecule has 0 bridgehead atoms. The van der Waals surface area contributed by atoms with E-state index in [9.17, 15) is 5.11 Å². The first kappa shape index (κ1) is 14.1. The average molecular weight is 264 g/mol. The Labute approximate surface area is 114 Å². The van der Waals surface area contributed by atoms with Gasteiger partial charge in [0.15, 0.2) is 0 Å². The zero-order chi connectivity index (χ0) is 14.0. The molecule has 0 amide bonds. The van der Waals surface area contributed by atoms with Crippen molar-refractivity contribution < 1.29 is 5.11 Å². The molecule has 3 N–H and O–H groups in total. The molecule has 1 saturated carbocycles. The zero-order valence-electron chi connectivity index (χ0n) is 12.2. The number of aliphatic hydroxyl groups excluding tert-OH is 1. The fourth-order valence-electron chi connectivity index (χ4n) is 2.22. The summed E-state index contributed by atoms with van der Waals surface area (Å²) in [7, 11) is 0. The van der Waals surface area contributed by atoms with E-state index in [0.29, 0.717) is 5.95 Å². The van der Waals surface area contributed by atoms with Gasteiger partial charge in [0.25, 0.3) is 0 Å². The monoisotopic (exact) mass is 264 g/mol. The average Bonchev–Trinajstić information content (AvgIpc) is 2.39. The molecule has 1 heterocycles. The Kier molecular flexibility index (Phi) is 3.94. The molecule has 5 heteroatoms. The first-order valence-corrected chi connectivity index (χ1v) is 6.97. The number of nitrogens with zero attached hydrogens (tertiary/aromatic N) is 2. The maximum absolute atomic E-state index is 9.78. The fourth-order valence-corrected chi connectivity index (χ4v) is 2.22. The Morgan fingerprint density at radius 1 is 1.47 bits per heavy atom. The minimum Gasteiger partial charge on any atom is -0.392 e. The molecule has 2 atom stereocenters. The van der Waals surface area contributed by atoms with Gasteiger partial charge in [0.2, 0.25) is 5.95 Å². The summed E-state index contributed by atoms with van der Waals surface area (Å²) < 4.78 is 0. The van der Waals surface area contributed by atoms with Crippen molar-refractivity contribution in [2.24, 2.45) is 5.41 Å². The molecule has 0 radical (unpaired) electrons. The van der Waals surface area contributed by atoms with Gasteiger partial charge in [0, 0.05) is 29.8 Å². The quantitative estimate of drug-likeness (QED) is 0.760. The van der Waals surface area contributed by atoms with Crippen LogP contribution in [0.25, 0.3) is 0 Å². The van der Waals surface area contributed by atoms with E-state index in [1.165, 1.54) is 0 Å². The maximum atomic E-state index is 9.78. The van der Waals surface area contributed by atoms with Crippen LogP contribution in [-0.4, -0.2) is 33.8 Å². The van der Waals surface area contributed by atoms with Crippen LogP contribution in [0.5, 0.6) is 0 Å². The third-order valence-corrected chi connectivity index (χ3v) is 4.03. The zero-order valence-corrected chi connectivity index (χ0v) is 12.2. The Morgan fingerprint density at radius 2 is 2.21 bits per heavy atom. The molecule has 5 nitrogen and oxygen atoms in total. The predicted molar refractivity (Wildman–Crippen MR) is 77.4 cm³/mol. The van der Waals surface area contributed by atoms with Gasteiger partial charge in [0.1, 0.15) is 5.82 Å². The lowest BCUT2D eigenvalue weighted by Crippen LogP contribution is -2.57. The van der Waals surface area contributed by atoms with Gasteiger partial charge in [-0.05, 0) is 19.8 Å². The Bertz CT molecular complexity index is 447. The number of aromatic nitrogens is 2. The minimum absolute atomic E-state index is 0.103. The van der Waals surface area contributed by atoms with Gasteiger partial charge < -0.3 is 15.7 Å². The van der Waals surface area contributed by atoms with Crippen LogP contribution in [0.4, 0.5) is 11.8 Å². The molecule has 0 aliphatic heterocycles. The van der Waals surface area contributed by atoms with Crippen LogP contribution in [0.1, 0.15) is 39.2 Å². The summed E-state index contributed by atoms with van der Waals surface area (Å²) >= 11 is 0. The summed E-state index contributed by atoms with van der Waals surface area (Å²) in [6, 6.07) is 0.259. The molecule has 2 rings (SSSR count). The normalized spacial score (nSPS) is 24.7. The van der Waals surface area contributed by atoms with E-state index in [0.717, 1.165) is 30.8 Å². The van der Waals surface area contributed by atoms with Gasteiger partial charge >= 0.3 is 0 Å². The van der Waals surface area contributed by atoms with Crippen molar-refractivity contribution in [1.29, 1.82) is 0 Å². The highest BCUT2D eigenvalue weighted by Gasteiger charge is 2.47. The van der Waals surface area contributed by atoms with E-state index < -0.39 is 0 Å². The number of aryl methyl sites for hydroxylation is 1. The van der Waals surface area contributed by atoms with Crippen molar-refractivity contribution in [3.63, 3.8) is 0 Å². The lowest BCUT2D eigenvalue weighted by Gasteiger charge is -2.49. The number of nitrogens with one attached hydrogen (secondary N) is 2. The van der Waals surface area contributed by atoms with Crippen LogP contribution in [0.15, 0.2) is 6.20 Å². The van der Waals surface area contributed by atoms with Crippen molar-refractivity contribution in [2.75, 3.05) is 17.2 Å². The van der Waals surface area contributed by atoms with E-state index in [1.807, 2.05) is 13.1 Å². The van der Waals surface area contributed by atoms with Gasteiger partial charge in [-0.3, -0.25) is 0 Å². The van der Waals surface area contributed by atoms with Crippen molar-refractivity contribution in [3.8, 4) is 0 Å². The van der Waals surface area contributed by atoms with Crippen LogP contribution in [0.3, 0.4) is 0 Å². The first-order valence-electron chi connectivity index (χ1n) is 6.97. The van der Waals surface area contributed by atoms with Gasteiger partial charge in [-0.2, -0.15) is 4.98 Å². The molecule has 106 valence electrons. The molecular weight excluding hydrogens is 240 g/mol. The highest BCUT2D eigenvalue weighted by atomic mass is 16.3. The van der Waals surface area contributed by atoms with Crippen LogP contribution in [0, 0.1) is 12.3 Å². The second-order valence-corrected chi connectivity index (χ2v) is 5.92. The van der Waals surface area contributed by atoms with E-state index in [-0.39, 0.29) is 17.6 Å². The third-order valence-electron chi connectivity index (χ3n) is 4.03. The molecule has 1 aliphatic carbocycles. The van der Waals surface area contributed by atoms with E-state index in [2.05, 4.69) is 41.4 Å². The summed E-state index contributed by atoms with van der Waals surface area (Å²) in [4.78, 5) is 8.77. The smallest absolute Gasteiger partial charge is 0.224 e. The number of hydrogen-bond acceptors (Lipinski definition) is 5. The summed E-state index contributed by atoms with van der Waals surface area (Å²) in [5.41, 5.74) is 0.924. The Balaban J connectivity index is 2.07. The second-order valence-electron chi connectivity index (χ2n) is 5.92. The lowest BCUT2D eigenvalue weighted by molar-refractivity contribution is -0.0511. The third kappa shape index (κ3) is 2.81. The second kappa shape index (κ2) is 5.33. The largest absolute Gasteiger partial charge is 0.392 e.